The first-order chi connectivity index (χ1) is 14.3. The quantitative estimate of drug-likeness (QED) is 0.162. The number of benzene rings is 1. The van der Waals surface area contributed by atoms with E-state index in [1.165, 1.54) is 125 Å². The zero-order valence-corrected chi connectivity index (χ0v) is 20.9. The molecule has 0 aliphatic carbocycles. The molecular weight excluding hydrogens is 394 g/mol. The molecule has 1 aromatic carbocycles. The number of hydrogen-bond donors (Lipinski definition) is 0. The second kappa shape index (κ2) is 17.7. The average molecular weight is 442 g/mol. The van der Waals surface area contributed by atoms with Crippen molar-refractivity contribution in [1.82, 2.24) is 0 Å². The van der Waals surface area contributed by atoms with Crippen molar-refractivity contribution in [2.24, 2.45) is 0 Å². The topological polar surface area (TPSA) is 57.2 Å². The van der Waals surface area contributed by atoms with Crippen LogP contribution >= 0.6 is 0 Å². The minimum absolute atomic E-state index is 0.185. The van der Waals surface area contributed by atoms with Gasteiger partial charge in [0.1, 0.15) is 10.1 Å². The zero-order valence-electron chi connectivity index (χ0n) is 20.1. The maximum absolute atomic E-state index is 10.3. The molecular formula is C25H47NO3S. The first-order valence-electron chi connectivity index (χ1n) is 12.1. The molecule has 0 heterocycles. The van der Waals surface area contributed by atoms with Crippen LogP contribution in [0.1, 0.15) is 97.8 Å². The van der Waals surface area contributed by atoms with E-state index < -0.39 is 10.1 Å². The van der Waals surface area contributed by atoms with E-state index in [1.807, 2.05) is 0 Å². The van der Waals surface area contributed by atoms with Crippen LogP contribution in [0.25, 0.3) is 0 Å². The Morgan fingerprint density at radius 2 is 1.03 bits per heavy atom. The average Bonchev–Trinajstić information content (AvgIpc) is 2.73. The number of unbranched alkanes of at least 4 members (excludes halogenated alkanes) is 9. The Hall–Kier alpha value is -0.910. The smallest absolute Gasteiger partial charge is 0.124 e. The summed E-state index contributed by atoms with van der Waals surface area (Å²) < 4.78 is 32.2. The first-order valence-corrected chi connectivity index (χ1v) is 13.5. The molecule has 0 N–H and O–H groups in total. The van der Waals surface area contributed by atoms with E-state index >= 15 is 0 Å². The fourth-order valence-corrected chi connectivity index (χ4v) is 4.17. The van der Waals surface area contributed by atoms with Crippen molar-refractivity contribution in [3.8, 4) is 0 Å². The molecule has 176 valence electrons. The second-order valence-electron chi connectivity index (χ2n) is 8.74. The number of rotatable bonds is 16. The lowest BCUT2D eigenvalue weighted by Gasteiger charge is -2.35. The molecule has 0 aliphatic rings. The molecule has 0 bridgehead atoms. The summed E-state index contributed by atoms with van der Waals surface area (Å²) in [5.74, 6) is 0. The summed E-state index contributed by atoms with van der Waals surface area (Å²) in [7, 11) is -1.74. The van der Waals surface area contributed by atoms with Gasteiger partial charge >= 0.3 is 0 Å². The van der Waals surface area contributed by atoms with Gasteiger partial charge in [0.15, 0.2) is 0 Å². The monoisotopic (exact) mass is 441 g/mol. The number of nitrogens with zero attached hydrogens (tertiary/aromatic N) is 1. The van der Waals surface area contributed by atoms with Gasteiger partial charge in [0.25, 0.3) is 0 Å². The molecule has 4 nitrogen and oxygen atoms in total. The summed E-state index contributed by atoms with van der Waals surface area (Å²) in [5, 5.41) is 0. The van der Waals surface area contributed by atoms with Crippen LogP contribution in [-0.4, -0.2) is 44.1 Å². The third-order valence-corrected chi connectivity index (χ3v) is 6.54. The summed E-state index contributed by atoms with van der Waals surface area (Å²) >= 11 is 0. The molecule has 0 unspecified atom stereocenters. The predicted molar refractivity (Wildman–Crippen MR) is 128 cm³/mol. The van der Waals surface area contributed by atoms with E-state index in [4.69, 9.17) is 0 Å². The molecule has 0 radical (unpaired) electrons. The maximum atomic E-state index is 10.3. The molecule has 0 saturated heterocycles. The minimum atomic E-state index is -4.25. The van der Waals surface area contributed by atoms with Crippen molar-refractivity contribution >= 4 is 10.1 Å². The van der Waals surface area contributed by atoms with E-state index in [0.717, 1.165) is 0 Å². The zero-order chi connectivity index (χ0) is 22.7. The van der Waals surface area contributed by atoms with Gasteiger partial charge in [-0.2, -0.15) is 0 Å². The summed E-state index contributed by atoms with van der Waals surface area (Å²) in [6, 6.07) is 7.19. The molecule has 30 heavy (non-hydrogen) atoms. The molecule has 0 spiro atoms. The molecule has 0 atom stereocenters. The molecule has 0 fully saturated rings. The van der Waals surface area contributed by atoms with Gasteiger partial charge < -0.3 is 9.04 Å². The van der Waals surface area contributed by atoms with Gasteiger partial charge in [-0.05, 0) is 50.7 Å². The van der Waals surface area contributed by atoms with Gasteiger partial charge in [0, 0.05) is 0 Å². The number of hydrogen-bond acceptors (Lipinski definition) is 3. The first kappa shape index (κ1) is 29.1. The summed E-state index contributed by atoms with van der Waals surface area (Å²) in [4.78, 5) is -0.185. The van der Waals surface area contributed by atoms with E-state index in [2.05, 4.69) is 27.8 Å². The van der Waals surface area contributed by atoms with Crippen LogP contribution in [0.2, 0.25) is 0 Å². The summed E-state index contributed by atoms with van der Waals surface area (Å²) in [6.45, 7) is 11.2. The highest BCUT2D eigenvalue weighted by molar-refractivity contribution is 7.85. The summed E-state index contributed by atoms with van der Waals surface area (Å²) in [5.41, 5.74) is 0. The molecule has 0 saturated carbocycles. The lowest BCUT2D eigenvalue weighted by molar-refractivity contribution is -0.910. The van der Waals surface area contributed by atoms with Crippen molar-refractivity contribution in [2.45, 2.75) is 103 Å². The van der Waals surface area contributed by atoms with Crippen molar-refractivity contribution < 1.29 is 17.5 Å². The largest absolute Gasteiger partial charge is 0.744 e. The van der Waals surface area contributed by atoms with Crippen LogP contribution in [0.5, 0.6) is 0 Å². The molecule has 1 rings (SSSR count). The Balaban J connectivity index is 0.000000696. The van der Waals surface area contributed by atoms with Crippen molar-refractivity contribution in [2.75, 3.05) is 26.7 Å². The van der Waals surface area contributed by atoms with Gasteiger partial charge in [-0.1, -0.05) is 77.5 Å². The Morgan fingerprint density at radius 3 is 1.30 bits per heavy atom. The van der Waals surface area contributed by atoms with Crippen LogP contribution in [0.15, 0.2) is 35.2 Å². The highest BCUT2D eigenvalue weighted by Gasteiger charge is 2.19. The highest BCUT2D eigenvalue weighted by atomic mass is 32.2. The van der Waals surface area contributed by atoms with Crippen LogP contribution in [0.3, 0.4) is 0 Å². The molecule has 0 amide bonds. The highest BCUT2D eigenvalue weighted by Crippen LogP contribution is 2.14. The van der Waals surface area contributed by atoms with Gasteiger partial charge in [0.2, 0.25) is 0 Å². The van der Waals surface area contributed by atoms with Crippen molar-refractivity contribution in [3.63, 3.8) is 0 Å². The van der Waals surface area contributed by atoms with Crippen LogP contribution in [-0.2, 0) is 10.1 Å². The Bertz CT molecular complexity index is 571. The number of quaternary nitrogens is 1. The molecule has 0 aromatic heterocycles. The fourth-order valence-electron chi connectivity index (χ4n) is 3.68. The van der Waals surface area contributed by atoms with Gasteiger partial charge in [-0.15, -0.1) is 0 Å². The Kier molecular flexibility index (Phi) is 17.2. The van der Waals surface area contributed by atoms with Crippen LogP contribution in [0.4, 0.5) is 0 Å². The molecule has 0 aliphatic heterocycles. The van der Waals surface area contributed by atoms with E-state index in [9.17, 15) is 13.0 Å². The minimum Gasteiger partial charge on any atom is -0.744 e. The van der Waals surface area contributed by atoms with Crippen molar-refractivity contribution in [1.29, 1.82) is 0 Å². The maximum Gasteiger partial charge on any atom is 0.124 e. The Morgan fingerprint density at radius 1 is 0.667 bits per heavy atom. The molecule has 5 heteroatoms. The fraction of sp³-hybridized carbons (Fsp3) is 0.760. The standard InChI is InChI=1S/C19H42N.C6H6O3S/c1-5-8-11-14-17-20(4,18-15-12-9-6-2)19-16-13-10-7-3;7-10(8,9)6-4-2-1-3-5-6/h5-19H2,1-4H3;1-5H,(H,7,8,9)/q+1;/p-1. The van der Waals surface area contributed by atoms with Gasteiger partial charge in [-0.3, -0.25) is 0 Å². The third kappa shape index (κ3) is 15.9. The lowest BCUT2D eigenvalue weighted by atomic mass is 10.1. The Labute approximate surface area is 187 Å². The third-order valence-electron chi connectivity index (χ3n) is 5.69. The van der Waals surface area contributed by atoms with Crippen molar-refractivity contribution in [3.05, 3.63) is 30.3 Å². The summed E-state index contributed by atoms with van der Waals surface area (Å²) in [6.07, 6.45) is 17.0. The van der Waals surface area contributed by atoms with Gasteiger partial charge in [0.05, 0.1) is 31.6 Å². The van der Waals surface area contributed by atoms with E-state index in [-0.39, 0.29) is 4.90 Å². The van der Waals surface area contributed by atoms with Gasteiger partial charge in [-0.25, -0.2) is 8.42 Å². The lowest BCUT2D eigenvalue weighted by Crippen LogP contribution is -2.46. The second-order valence-corrected chi connectivity index (χ2v) is 10.1. The normalized spacial score (nSPS) is 11.8. The van der Waals surface area contributed by atoms with Crippen LogP contribution < -0.4 is 0 Å². The SMILES string of the molecule is CCCCCC[N+](C)(CCCCCC)CCCCCC.O=S(=O)([O-])c1ccccc1. The predicted octanol–water partition coefficient (Wildman–Crippen LogP) is 6.76. The van der Waals surface area contributed by atoms with E-state index in [1.54, 1.807) is 6.07 Å². The van der Waals surface area contributed by atoms with E-state index in [0.29, 0.717) is 0 Å². The molecule has 1 aromatic rings. The van der Waals surface area contributed by atoms with Crippen LogP contribution in [0, 0.1) is 0 Å².